The van der Waals surface area contributed by atoms with Crippen LogP contribution in [0.3, 0.4) is 0 Å². The molecule has 2 heterocycles. The molecule has 6 nitrogen and oxygen atoms in total. The van der Waals surface area contributed by atoms with Gasteiger partial charge in [0.1, 0.15) is 5.82 Å². The van der Waals surface area contributed by atoms with Crippen LogP contribution in [0.1, 0.15) is 18.7 Å². The summed E-state index contributed by atoms with van der Waals surface area (Å²) in [6.45, 7) is 0.626. The Bertz CT molecular complexity index is 574. The van der Waals surface area contributed by atoms with Crippen molar-refractivity contribution in [2.24, 2.45) is 10.7 Å². The summed E-state index contributed by atoms with van der Waals surface area (Å²) in [6, 6.07) is 6.39. The Labute approximate surface area is 128 Å². The number of pyridine rings is 1. The summed E-state index contributed by atoms with van der Waals surface area (Å²) in [4.78, 5) is 4.29. The predicted molar refractivity (Wildman–Crippen MR) is 84.8 cm³/mol. The largest absolute Gasteiger partial charge is 0.370 e. The summed E-state index contributed by atoms with van der Waals surface area (Å²) >= 11 is 0. The van der Waals surface area contributed by atoms with Crippen molar-refractivity contribution in [2.75, 3.05) is 6.54 Å². The Morgan fingerprint density at radius 1 is 1.42 bits per heavy atom. The summed E-state index contributed by atoms with van der Waals surface area (Å²) in [7, 11) is 0. The number of rotatable bonds is 4. The molecule has 19 heavy (non-hydrogen) atoms. The summed E-state index contributed by atoms with van der Waals surface area (Å²) in [5, 5.41) is 11.4. The van der Waals surface area contributed by atoms with Crippen LogP contribution in [0.25, 0.3) is 5.65 Å². The van der Waals surface area contributed by atoms with E-state index in [1.54, 1.807) is 0 Å². The molecule has 2 aromatic rings. The molecular formula is C12H17IN6. The molecule has 0 unspecified atom stereocenters. The second-order valence-corrected chi connectivity index (χ2v) is 4.48. The number of guanidine groups is 1. The number of nitrogens with one attached hydrogen (secondary N) is 1. The molecule has 0 saturated heterocycles. The van der Waals surface area contributed by atoms with Crippen molar-refractivity contribution in [2.45, 2.75) is 25.3 Å². The van der Waals surface area contributed by atoms with Crippen LogP contribution in [0.4, 0.5) is 0 Å². The molecule has 0 amide bonds. The molecule has 2 aromatic heterocycles. The standard InChI is InChI=1S/C12H16N6.HI/c13-12(15-9-4-5-9)14-7-6-11-17-16-10-3-1-2-8-18(10)11;/h1-3,8-9H,4-7H2,(H3,13,14,15);1H. The molecule has 3 N–H and O–H groups in total. The number of nitrogens with two attached hydrogens (primary N) is 1. The summed E-state index contributed by atoms with van der Waals surface area (Å²) in [6.07, 6.45) is 5.09. The van der Waals surface area contributed by atoms with Crippen LogP contribution in [0.15, 0.2) is 29.4 Å². The number of aliphatic imine (C=N–C) groups is 1. The average Bonchev–Trinajstić information content (AvgIpc) is 3.09. The summed E-state index contributed by atoms with van der Waals surface area (Å²) < 4.78 is 1.97. The minimum absolute atomic E-state index is 0. The lowest BCUT2D eigenvalue weighted by Crippen LogP contribution is -2.33. The summed E-state index contributed by atoms with van der Waals surface area (Å²) in [5.41, 5.74) is 6.62. The third kappa shape index (κ3) is 3.55. The molecule has 3 rings (SSSR count). The second-order valence-electron chi connectivity index (χ2n) is 4.48. The normalized spacial score (nSPS) is 15.3. The lowest BCUT2D eigenvalue weighted by Gasteiger charge is -2.02. The monoisotopic (exact) mass is 372 g/mol. The fourth-order valence-corrected chi connectivity index (χ4v) is 1.82. The third-order valence-electron chi connectivity index (χ3n) is 2.93. The van der Waals surface area contributed by atoms with Gasteiger partial charge in [0.25, 0.3) is 0 Å². The Hall–Kier alpha value is -1.38. The quantitative estimate of drug-likeness (QED) is 0.476. The zero-order valence-electron chi connectivity index (χ0n) is 10.5. The molecule has 1 fully saturated rings. The first-order valence-corrected chi connectivity index (χ1v) is 6.18. The fraction of sp³-hybridized carbons (Fsp3) is 0.417. The van der Waals surface area contributed by atoms with Gasteiger partial charge in [0.2, 0.25) is 0 Å². The van der Waals surface area contributed by atoms with Gasteiger partial charge in [0.15, 0.2) is 11.6 Å². The molecule has 1 aliphatic rings. The Morgan fingerprint density at radius 2 is 2.26 bits per heavy atom. The van der Waals surface area contributed by atoms with Crippen LogP contribution in [0.5, 0.6) is 0 Å². The van der Waals surface area contributed by atoms with Gasteiger partial charge < -0.3 is 11.1 Å². The van der Waals surface area contributed by atoms with E-state index in [0.717, 1.165) is 17.9 Å². The first-order valence-electron chi connectivity index (χ1n) is 6.18. The van der Waals surface area contributed by atoms with E-state index < -0.39 is 0 Å². The second kappa shape index (κ2) is 6.18. The zero-order chi connectivity index (χ0) is 12.4. The van der Waals surface area contributed by atoms with Crippen LogP contribution in [0, 0.1) is 0 Å². The van der Waals surface area contributed by atoms with E-state index in [0.29, 0.717) is 18.5 Å². The van der Waals surface area contributed by atoms with Gasteiger partial charge in [-0.15, -0.1) is 34.2 Å². The van der Waals surface area contributed by atoms with E-state index in [2.05, 4.69) is 20.5 Å². The first-order chi connectivity index (χ1) is 8.83. The van der Waals surface area contributed by atoms with Gasteiger partial charge in [0.05, 0.1) is 0 Å². The number of hydrogen-bond donors (Lipinski definition) is 2. The van der Waals surface area contributed by atoms with Gasteiger partial charge in [-0.1, -0.05) is 6.07 Å². The minimum atomic E-state index is 0. The highest BCUT2D eigenvalue weighted by molar-refractivity contribution is 14.0. The van der Waals surface area contributed by atoms with Crippen molar-refractivity contribution < 1.29 is 0 Å². The zero-order valence-corrected chi connectivity index (χ0v) is 12.8. The van der Waals surface area contributed by atoms with Gasteiger partial charge in [-0.05, 0) is 25.0 Å². The number of halogens is 1. The van der Waals surface area contributed by atoms with Gasteiger partial charge in [-0.25, -0.2) is 0 Å². The smallest absolute Gasteiger partial charge is 0.188 e. The molecule has 0 aromatic carbocycles. The van der Waals surface area contributed by atoms with Crippen molar-refractivity contribution >= 4 is 35.6 Å². The Balaban J connectivity index is 0.00000133. The van der Waals surface area contributed by atoms with Gasteiger partial charge >= 0.3 is 0 Å². The van der Waals surface area contributed by atoms with Crippen LogP contribution in [0.2, 0.25) is 0 Å². The SMILES string of the molecule is I.NC(=NCCc1nnc2ccccn12)NC1CC1. The average molecular weight is 372 g/mol. The van der Waals surface area contributed by atoms with Crippen LogP contribution >= 0.6 is 24.0 Å². The predicted octanol–water partition coefficient (Wildman–Crippen LogP) is 0.956. The number of hydrogen-bond acceptors (Lipinski definition) is 3. The van der Waals surface area contributed by atoms with Crippen molar-refractivity contribution in [3.63, 3.8) is 0 Å². The summed E-state index contributed by atoms with van der Waals surface area (Å²) in [5.74, 6) is 1.44. The highest BCUT2D eigenvalue weighted by Crippen LogP contribution is 2.17. The highest BCUT2D eigenvalue weighted by Gasteiger charge is 2.21. The molecule has 1 aliphatic carbocycles. The number of nitrogens with zero attached hydrogens (tertiary/aromatic N) is 4. The maximum Gasteiger partial charge on any atom is 0.188 e. The van der Waals surface area contributed by atoms with Crippen molar-refractivity contribution in [3.05, 3.63) is 30.2 Å². The molecule has 7 heteroatoms. The van der Waals surface area contributed by atoms with E-state index in [1.807, 2.05) is 28.8 Å². The molecule has 0 atom stereocenters. The number of fused-ring (bicyclic) bond motifs is 1. The van der Waals surface area contributed by atoms with E-state index >= 15 is 0 Å². The van der Waals surface area contributed by atoms with Crippen LogP contribution < -0.4 is 11.1 Å². The topological polar surface area (TPSA) is 80.6 Å². The molecule has 102 valence electrons. The van der Waals surface area contributed by atoms with E-state index in [-0.39, 0.29) is 24.0 Å². The maximum atomic E-state index is 5.76. The third-order valence-corrected chi connectivity index (χ3v) is 2.93. The van der Waals surface area contributed by atoms with Gasteiger partial charge in [-0.2, -0.15) is 0 Å². The Morgan fingerprint density at radius 3 is 3.05 bits per heavy atom. The maximum absolute atomic E-state index is 5.76. The fourth-order valence-electron chi connectivity index (χ4n) is 1.82. The van der Waals surface area contributed by atoms with Gasteiger partial charge in [-0.3, -0.25) is 9.39 Å². The molecule has 0 radical (unpaired) electrons. The molecule has 1 saturated carbocycles. The molecule has 0 spiro atoms. The van der Waals surface area contributed by atoms with E-state index in [9.17, 15) is 0 Å². The number of aromatic nitrogens is 3. The molecule has 0 bridgehead atoms. The highest BCUT2D eigenvalue weighted by atomic mass is 127. The lowest BCUT2D eigenvalue weighted by molar-refractivity contribution is 0.828. The van der Waals surface area contributed by atoms with E-state index in [1.165, 1.54) is 12.8 Å². The van der Waals surface area contributed by atoms with Crippen LogP contribution in [-0.2, 0) is 6.42 Å². The van der Waals surface area contributed by atoms with E-state index in [4.69, 9.17) is 5.73 Å². The van der Waals surface area contributed by atoms with Crippen molar-refractivity contribution in [1.82, 2.24) is 19.9 Å². The molecular weight excluding hydrogens is 355 g/mol. The van der Waals surface area contributed by atoms with Crippen LogP contribution in [-0.4, -0.2) is 33.1 Å². The van der Waals surface area contributed by atoms with Gasteiger partial charge in [0, 0.05) is 25.2 Å². The lowest BCUT2D eigenvalue weighted by atomic mass is 10.4. The Kier molecular flexibility index (Phi) is 4.56. The minimum Gasteiger partial charge on any atom is -0.370 e. The van der Waals surface area contributed by atoms with Crippen molar-refractivity contribution in [3.8, 4) is 0 Å². The van der Waals surface area contributed by atoms with Crippen molar-refractivity contribution in [1.29, 1.82) is 0 Å². The molecule has 0 aliphatic heterocycles. The first kappa shape index (κ1) is 14.0.